The van der Waals surface area contributed by atoms with Crippen molar-refractivity contribution in [1.29, 1.82) is 0 Å². The first-order chi connectivity index (χ1) is 8.45. The minimum atomic E-state index is -1.66. The SMILES string of the molecule is Cc1ccc(/C=C/c2ncnc(C(Cl)(Cl)Cl)n2)o1. The van der Waals surface area contributed by atoms with Crippen molar-refractivity contribution in [2.75, 3.05) is 0 Å². The third-order valence-electron chi connectivity index (χ3n) is 2.00. The zero-order valence-corrected chi connectivity index (χ0v) is 11.5. The van der Waals surface area contributed by atoms with E-state index in [9.17, 15) is 0 Å². The minimum absolute atomic E-state index is 0.0813. The summed E-state index contributed by atoms with van der Waals surface area (Å²) in [5, 5.41) is 0. The molecule has 0 spiro atoms. The maximum absolute atomic E-state index is 5.69. The molecule has 0 aromatic carbocycles. The molecule has 2 aromatic rings. The summed E-state index contributed by atoms with van der Waals surface area (Å²) in [5.74, 6) is 1.99. The molecule has 2 heterocycles. The number of nitrogens with zero attached hydrogens (tertiary/aromatic N) is 3. The molecule has 0 unspecified atom stereocenters. The highest BCUT2D eigenvalue weighted by Crippen LogP contribution is 2.35. The average molecular weight is 305 g/mol. The van der Waals surface area contributed by atoms with Gasteiger partial charge in [0.2, 0.25) is 3.79 Å². The number of alkyl halides is 3. The van der Waals surface area contributed by atoms with Gasteiger partial charge in [0, 0.05) is 0 Å². The van der Waals surface area contributed by atoms with Crippen LogP contribution in [0.15, 0.2) is 22.9 Å². The smallest absolute Gasteiger partial charge is 0.250 e. The summed E-state index contributed by atoms with van der Waals surface area (Å²) in [4.78, 5) is 11.8. The summed E-state index contributed by atoms with van der Waals surface area (Å²) < 4.78 is 3.71. The molecule has 0 aliphatic rings. The van der Waals surface area contributed by atoms with Crippen molar-refractivity contribution < 1.29 is 4.42 Å². The number of halogens is 3. The van der Waals surface area contributed by atoms with Gasteiger partial charge in [-0.05, 0) is 31.2 Å². The molecule has 18 heavy (non-hydrogen) atoms. The molecule has 0 radical (unpaired) electrons. The van der Waals surface area contributed by atoms with Crippen LogP contribution in [0, 0.1) is 6.92 Å². The first-order valence-electron chi connectivity index (χ1n) is 4.96. The summed E-state index contributed by atoms with van der Waals surface area (Å²) in [6, 6.07) is 3.70. The summed E-state index contributed by atoms with van der Waals surface area (Å²) >= 11 is 17.1. The van der Waals surface area contributed by atoms with Gasteiger partial charge in [-0.3, -0.25) is 0 Å². The van der Waals surface area contributed by atoms with Gasteiger partial charge in [-0.15, -0.1) is 0 Å². The van der Waals surface area contributed by atoms with Crippen molar-refractivity contribution in [1.82, 2.24) is 15.0 Å². The highest BCUT2D eigenvalue weighted by atomic mass is 35.6. The molecule has 2 rings (SSSR count). The van der Waals surface area contributed by atoms with Crippen LogP contribution in [0.2, 0.25) is 0 Å². The highest BCUT2D eigenvalue weighted by molar-refractivity contribution is 6.66. The van der Waals surface area contributed by atoms with Gasteiger partial charge < -0.3 is 4.42 Å². The number of rotatable bonds is 2. The topological polar surface area (TPSA) is 51.8 Å². The van der Waals surface area contributed by atoms with Crippen molar-refractivity contribution in [2.24, 2.45) is 0 Å². The number of aromatic nitrogens is 3. The summed E-state index contributed by atoms with van der Waals surface area (Å²) in [5.41, 5.74) is 0. The fraction of sp³-hybridized carbons (Fsp3) is 0.182. The molecule has 7 heteroatoms. The summed E-state index contributed by atoms with van der Waals surface area (Å²) in [7, 11) is 0. The molecule has 0 atom stereocenters. The molecule has 0 aliphatic carbocycles. The van der Waals surface area contributed by atoms with Crippen LogP contribution in [-0.2, 0) is 3.79 Å². The van der Waals surface area contributed by atoms with Crippen LogP contribution in [0.3, 0.4) is 0 Å². The Morgan fingerprint density at radius 3 is 2.56 bits per heavy atom. The number of hydrogen-bond acceptors (Lipinski definition) is 4. The predicted molar refractivity (Wildman–Crippen MR) is 71.4 cm³/mol. The largest absolute Gasteiger partial charge is 0.462 e. The quantitative estimate of drug-likeness (QED) is 0.793. The second-order valence-corrected chi connectivity index (χ2v) is 5.73. The Labute approximate surface area is 119 Å². The van der Waals surface area contributed by atoms with Crippen molar-refractivity contribution in [3.63, 3.8) is 0 Å². The molecule has 0 saturated heterocycles. The third-order valence-corrected chi connectivity index (χ3v) is 2.51. The molecule has 4 nitrogen and oxygen atoms in total. The van der Waals surface area contributed by atoms with Crippen LogP contribution in [0.4, 0.5) is 0 Å². The van der Waals surface area contributed by atoms with Gasteiger partial charge >= 0.3 is 0 Å². The molecule has 0 bridgehead atoms. The van der Waals surface area contributed by atoms with Crippen LogP contribution in [0.25, 0.3) is 12.2 Å². The van der Waals surface area contributed by atoms with E-state index >= 15 is 0 Å². The molecule has 0 saturated carbocycles. The van der Waals surface area contributed by atoms with E-state index in [2.05, 4.69) is 15.0 Å². The van der Waals surface area contributed by atoms with E-state index in [-0.39, 0.29) is 5.82 Å². The van der Waals surface area contributed by atoms with Gasteiger partial charge in [-0.25, -0.2) is 15.0 Å². The molecule has 0 N–H and O–H groups in total. The Balaban J connectivity index is 2.22. The monoisotopic (exact) mass is 303 g/mol. The maximum atomic E-state index is 5.69. The van der Waals surface area contributed by atoms with Gasteiger partial charge in [-0.1, -0.05) is 34.8 Å². The molecule has 94 valence electrons. The highest BCUT2D eigenvalue weighted by Gasteiger charge is 2.26. The van der Waals surface area contributed by atoms with Crippen LogP contribution in [-0.4, -0.2) is 15.0 Å². The molecule has 0 fully saturated rings. The Morgan fingerprint density at radius 2 is 1.94 bits per heavy atom. The lowest BCUT2D eigenvalue weighted by Gasteiger charge is -2.07. The first kappa shape index (κ1) is 13.3. The van der Waals surface area contributed by atoms with Gasteiger partial charge in [0.25, 0.3) is 0 Å². The number of hydrogen-bond donors (Lipinski definition) is 0. The number of furan rings is 1. The van der Waals surface area contributed by atoms with E-state index in [1.165, 1.54) is 6.33 Å². The minimum Gasteiger partial charge on any atom is -0.462 e. The molecular formula is C11H8Cl3N3O. The predicted octanol–water partition coefficient (Wildman–Crippen LogP) is 3.77. The van der Waals surface area contributed by atoms with Crippen LogP contribution >= 0.6 is 34.8 Å². The molecule has 0 aliphatic heterocycles. The van der Waals surface area contributed by atoms with Crippen molar-refractivity contribution in [3.8, 4) is 0 Å². The molecule has 0 amide bonds. The third kappa shape index (κ3) is 3.45. The zero-order chi connectivity index (χ0) is 13.2. The number of aryl methyl sites for hydroxylation is 1. The van der Waals surface area contributed by atoms with E-state index < -0.39 is 3.79 Å². The Morgan fingerprint density at radius 1 is 1.17 bits per heavy atom. The first-order valence-corrected chi connectivity index (χ1v) is 6.09. The summed E-state index contributed by atoms with van der Waals surface area (Å²) in [6.45, 7) is 1.86. The molecular weight excluding hydrogens is 296 g/mol. The van der Waals surface area contributed by atoms with E-state index in [4.69, 9.17) is 39.2 Å². The second kappa shape index (κ2) is 5.26. The zero-order valence-electron chi connectivity index (χ0n) is 9.27. The van der Waals surface area contributed by atoms with E-state index in [1.54, 1.807) is 12.2 Å². The Bertz CT molecular complexity index is 575. The van der Waals surface area contributed by atoms with Crippen LogP contribution in [0.1, 0.15) is 23.2 Å². The van der Waals surface area contributed by atoms with Crippen molar-refractivity contribution in [3.05, 3.63) is 41.6 Å². The lowest BCUT2D eigenvalue weighted by molar-refractivity contribution is 0.525. The van der Waals surface area contributed by atoms with Gasteiger partial charge in [0.1, 0.15) is 17.8 Å². The van der Waals surface area contributed by atoms with Crippen molar-refractivity contribution >= 4 is 47.0 Å². The lowest BCUT2D eigenvalue weighted by Crippen LogP contribution is -2.08. The summed E-state index contributed by atoms with van der Waals surface area (Å²) in [6.07, 6.45) is 4.67. The second-order valence-electron chi connectivity index (χ2n) is 3.45. The van der Waals surface area contributed by atoms with E-state index in [0.29, 0.717) is 11.6 Å². The van der Waals surface area contributed by atoms with Gasteiger partial charge in [0.05, 0.1) is 0 Å². The fourth-order valence-corrected chi connectivity index (χ4v) is 1.50. The lowest BCUT2D eigenvalue weighted by atomic mass is 10.4. The fourth-order valence-electron chi connectivity index (χ4n) is 1.23. The van der Waals surface area contributed by atoms with Crippen LogP contribution in [0.5, 0.6) is 0 Å². The molecule has 2 aromatic heterocycles. The Hall–Kier alpha value is -1.10. The van der Waals surface area contributed by atoms with Gasteiger partial charge in [-0.2, -0.15) is 0 Å². The Kier molecular flexibility index (Phi) is 3.90. The standard InChI is InChI=1S/C11H8Cl3N3O/c1-7-2-3-8(18-7)4-5-9-15-6-16-10(17-9)11(12,13)14/h2-6H,1H3/b5-4+. The van der Waals surface area contributed by atoms with E-state index in [1.807, 2.05) is 19.1 Å². The van der Waals surface area contributed by atoms with Gasteiger partial charge in [0.15, 0.2) is 11.6 Å². The van der Waals surface area contributed by atoms with Crippen molar-refractivity contribution in [2.45, 2.75) is 10.7 Å². The van der Waals surface area contributed by atoms with Crippen LogP contribution < -0.4 is 0 Å². The average Bonchev–Trinajstić information content (AvgIpc) is 2.72. The normalized spacial score (nSPS) is 12.2. The maximum Gasteiger partial charge on any atom is 0.250 e. The van der Waals surface area contributed by atoms with E-state index in [0.717, 1.165) is 5.76 Å².